The van der Waals surface area contributed by atoms with Crippen LogP contribution >= 0.6 is 11.3 Å². The summed E-state index contributed by atoms with van der Waals surface area (Å²) in [6, 6.07) is 1.12. The van der Waals surface area contributed by atoms with Gasteiger partial charge >= 0.3 is 0 Å². The number of rotatable bonds is 4. The minimum absolute atomic E-state index is 0.171. The molecule has 1 aliphatic rings. The Labute approximate surface area is 121 Å². The van der Waals surface area contributed by atoms with Crippen molar-refractivity contribution in [1.29, 1.82) is 0 Å². The molecule has 0 radical (unpaired) electrons. The first kappa shape index (κ1) is 14.8. The number of carbonyl (C=O) groups excluding carboxylic acids is 2. The number of anilines is 1. The average molecular weight is 297 g/mol. The molecule has 2 amide bonds. The van der Waals surface area contributed by atoms with Gasteiger partial charge in [0, 0.05) is 13.1 Å². The summed E-state index contributed by atoms with van der Waals surface area (Å²) in [5.74, 6) is -0.368. The van der Waals surface area contributed by atoms with E-state index in [0.717, 1.165) is 6.42 Å². The number of morpholine rings is 1. The molecule has 0 spiro atoms. The summed E-state index contributed by atoms with van der Waals surface area (Å²) in [4.78, 5) is 26.6. The number of nitrogens with two attached hydrogens (primary N) is 1. The number of nitrogens with one attached hydrogen (secondary N) is 1. The number of hydrogen-bond donors (Lipinski definition) is 2. The van der Waals surface area contributed by atoms with Gasteiger partial charge in [-0.15, -0.1) is 11.3 Å². The lowest BCUT2D eigenvalue weighted by Gasteiger charge is -2.34. The van der Waals surface area contributed by atoms with Crippen LogP contribution in [0.15, 0.2) is 11.4 Å². The van der Waals surface area contributed by atoms with Gasteiger partial charge in [0.1, 0.15) is 10.9 Å². The Morgan fingerprint density at radius 2 is 2.40 bits per heavy atom. The second kappa shape index (κ2) is 6.71. The third kappa shape index (κ3) is 3.10. The monoisotopic (exact) mass is 297 g/mol. The van der Waals surface area contributed by atoms with Gasteiger partial charge in [-0.3, -0.25) is 9.59 Å². The van der Waals surface area contributed by atoms with Gasteiger partial charge in [-0.2, -0.15) is 0 Å². The molecule has 1 saturated heterocycles. The maximum atomic E-state index is 12.5. The maximum absolute atomic E-state index is 12.5. The number of hydrogen-bond acceptors (Lipinski definition) is 5. The first-order valence-corrected chi connectivity index (χ1v) is 7.52. The van der Waals surface area contributed by atoms with E-state index in [1.165, 1.54) is 11.3 Å². The summed E-state index contributed by atoms with van der Waals surface area (Å²) in [5.41, 5.74) is 6.24. The number of nitrogen functional groups attached to an aromatic ring is 1. The highest BCUT2D eigenvalue weighted by Gasteiger charge is 2.34. The molecule has 0 bridgehead atoms. The van der Waals surface area contributed by atoms with E-state index >= 15 is 0 Å². The van der Waals surface area contributed by atoms with Crippen LogP contribution in [0.4, 0.5) is 5.69 Å². The number of nitrogens with zero attached hydrogens (tertiary/aromatic N) is 1. The highest BCUT2D eigenvalue weighted by Crippen LogP contribution is 2.23. The van der Waals surface area contributed by atoms with Gasteiger partial charge in [-0.05, 0) is 17.9 Å². The Morgan fingerprint density at radius 1 is 1.60 bits per heavy atom. The molecule has 0 aromatic carbocycles. The lowest BCUT2D eigenvalue weighted by molar-refractivity contribution is -0.130. The fourth-order valence-electron chi connectivity index (χ4n) is 2.05. The van der Waals surface area contributed by atoms with Crippen molar-refractivity contribution in [1.82, 2.24) is 10.2 Å². The van der Waals surface area contributed by atoms with E-state index in [1.54, 1.807) is 16.3 Å². The van der Waals surface area contributed by atoms with Crippen LogP contribution in [0, 0.1) is 0 Å². The van der Waals surface area contributed by atoms with Crippen LogP contribution in [-0.4, -0.2) is 49.1 Å². The summed E-state index contributed by atoms with van der Waals surface area (Å²) in [6.07, 6.45) is 0.852. The van der Waals surface area contributed by atoms with Gasteiger partial charge in [-0.25, -0.2) is 0 Å². The molecule has 2 heterocycles. The maximum Gasteiger partial charge on any atom is 0.266 e. The Kier molecular flexibility index (Phi) is 4.97. The Hall–Kier alpha value is -1.60. The van der Waals surface area contributed by atoms with Gasteiger partial charge in [0.25, 0.3) is 5.91 Å². The van der Waals surface area contributed by atoms with Crippen molar-refractivity contribution in [3.05, 3.63) is 16.3 Å². The fourth-order valence-corrected chi connectivity index (χ4v) is 2.83. The van der Waals surface area contributed by atoms with Gasteiger partial charge < -0.3 is 20.7 Å². The first-order valence-electron chi connectivity index (χ1n) is 6.64. The molecule has 1 fully saturated rings. The lowest BCUT2D eigenvalue weighted by atomic mass is 10.2. The lowest BCUT2D eigenvalue weighted by Crippen LogP contribution is -2.55. The van der Waals surface area contributed by atoms with Crippen LogP contribution in [-0.2, 0) is 9.53 Å². The molecule has 1 aliphatic heterocycles. The standard InChI is InChI=1S/C13H19N3O3S/c1-2-4-15-12(17)10-8-19-6-5-16(10)13(18)11-9(14)3-7-20-11/h3,7,10H,2,4-6,8,14H2,1H3,(H,15,17). The van der Waals surface area contributed by atoms with Gasteiger partial charge in [0.2, 0.25) is 5.91 Å². The number of ether oxygens (including phenoxy) is 1. The molecular formula is C13H19N3O3S. The molecular weight excluding hydrogens is 278 g/mol. The highest BCUT2D eigenvalue weighted by molar-refractivity contribution is 7.12. The third-order valence-corrected chi connectivity index (χ3v) is 4.05. The minimum Gasteiger partial charge on any atom is -0.397 e. The van der Waals surface area contributed by atoms with E-state index in [-0.39, 0.29) is 18.4 Å². The third-order valence-electron chi connectivity index (χ3n) is 3.13. The molecule has 3 N–H and O–H groups in total. The van der Waals surface area contributed by atoms with Crippen molar-refractivity contribution in [2.45, 2.75) is 19.4 Å². The van der Waals surface area contributed by atoms with E-state index in [1.807, 2.05) is 6.92 Å². The average Bonchev–Trinajstić information content (AvgIpc) is 2.90. The smallest absolute Gasteiger partial charge is 0.266 e. The largest absolute Gasteiger partial charge is 0.397 e. The van der Waals surface area contributed by atoms with E-state index in [0.29, 0.717) is 30.3 Å². The van der Waals surface area contributed by atoms with Crippen LogP contribution < -0.4 is 11.1 Å². The molecule has 20 heavy (non-hydrogen) atoms. The van der Waals surface area contributed by atoms with Crippen molar-refractivity contribution in [2.24, 2.45) is 0 Å². The van der Waals surface area contributed by atoms with Crippen LogP contribution in [0.25, 0.3) is 0 Å². The highest BCUT2D eigenvalue weighted by atomic mass is 32.1. The van der Waals surface area contributed by atoms with Crippen molar-refractivity contribution in [2.75, 3.05) is 32.0 Å². The van der Waals surface area contributed by atoms with Crippen molar-refractivity contribution < 1.29 is 14.3 Å². The SMILES string of the molecule is CCCNC(=O)C1COCCN1C(=O)c1sccc1N. The zero-order valence-corrected chi connectivity index (χ0v) is 12.2. The number of thiophene rings is 1. The van der Waals surface area contributed by atoms with Crippen LogP contribution in [0.1, 0.15) is 23.0 Å². The predicted molar refractivity (Wildman–Crippen MR) is 77.7 cm³/mol. The summed E-state index contributed by atoms with van der Waals surface area (Å²) < 4.78 is 5.33. The van der Waals surface area contributed by atoms with Gasteiger partial charge in [0.15, 0.2) is 0 Å². The van der Waals surface area contributed by atoms with E-state index in [2.05, 4.69) is 5.32 Å². The molecule has 110 valence electrons. The second-order valence-corrected chi connectivity index (χ2v) is 5.50. The Bertz CT molecular complexity index is 489. The topological polar surface area (TPSA) is 84.7 Å². The van der Waals surface area contributed by atoms with Crippen LogP contribution in [0.5, 0.6) is 0 Å². The zero-order chi connectivity index (χ0) is 14.5. The molecule has 1 unspecified atom stereocenters. The van der Waals surface area contributed by atoms with Gasteiger partial charge in [-0.1, -0.05) is 6.92 Å². The summed E-state index contributed by atoms with van der Waals surface area (Å²) in [6.45, 7) is 3.65. The van der Waals surface area contributed by atoms with Crippen molar-refractivity contribution >= 4 is 28.8 Å². The Morgan fingerprint density at radius 3 is 3.05 bits per heavy atom. The number of carbonyl (C=O) groups is 2. The molecule has 1 aromatic heterocycles. The van der Waals surface area contributed by atoms with Crippen LogP contribution in [0.2, 0.25) is 0 Å². The van der Waals surface area contributed by atoms with Crippen LogP contribution in [0.3, 0.4) is 0 Å². The van der Waals surface area contributed by atoms with Crippen molar-refractivity contribution in [3.8, 4) is 0 Å². The summed E-state index contributed by atoms with van der Waals surface area (Å²) in [5, 5.41) is 4.58. The molecule has 0 saturated carbocycles. The summed E-state index contributed by atoms with van der Waals surface area (Å²) in [7, 11) is 0. The minimum atomic E-state index is -0.579. The summed E-state index contributed by atoms with van der Waals surface area (Å²) >= 11 is 1.29. The molecule has 6 nitrogen and oxygen atoms in total. The molecule has 2 rings (SSSR count). The normalized spacial score (nSPS) is 18.9. The quantitative estimate of drug-likeness (QED) is 0.856. The molecule has 7 heteroatoms. The van der Waals surface area contributed by atoms with Gasteiger partial charge in [0.05, 0.1) is 18.9 Å². The van der Waals surface area contributed by atoms with E-state index in [9.17, 15) is 9.59 Å². The zero-order valence-electron chi connectivity index (χ0n) is 11.4. The first-order chi connectivity index (χ1) is 9.65. The Balaban J connectivity index is 2.12. The second-order valence-electron chi connectivity index (χ2n) is 4.59. The van der Waals surface area contributed by atoms with Crippen molar-refractivity contribution in [3.63, 3.8) is 0 Å². The molecule has 1 atom stereocenters. The molecule has 0 aliphatic carbocycles. The number of amides is 2. The predicted octanol–water partition coefficient (Wildman–Crippen LogP) is 0.697. The van der Waals surface area contributed by atoms with E-state index in [4.69, 9.17) is 10.5 Å². The fraction of sp³-hybridized carbons (Fsp3) is 0.538. The molecule has 1 aromatic rings. The van der Waals surface area contributed by atoms with E-state index < -0.39 is 6.04 Å².